The first-order chi connectivity index (χ1) is 7.81. The van der Waals surface area contributed by atoms with E-state index in [1.165, 1.54) is 0 Å². The zero-order valence-electron chi connectivity index (χ0n) is 9.40. The molecule has 1 amide bonds. The van der Waals surface area contributed by atoms with Crippen molar-refractivity contribution in [2.45, 2.75) is 19.8 Å². The van der Waals surface area contributed by atoms with Gasteiger partial charge in [0.25, 0.3) is 5.91 Å². The van der Waals surface area contributed by atoms with Crippen molar-refractivity contribution < 1.29 is 4.79 Å². The van der Waals surface area contributed by atoms with Gasteiger partial charge in [0, 0.05) is 31.0 Å². The summed E-state index contributed by atoms with van der Waals surface area (Å²) in [6, 6.07) is 0. The fourth-order valence-electron chi connectivity index (χ4n) is 1.65. The summed E-state index contributed by atoms with van der Waals surface area (Å²) in [6.45, 7) is 3.69. The van der Waals surface area contributed by atoms with E-state index in [0.717, 1.165) is 43.3 Å². The standard InChI is InChI=1S/C10H16N4OS/c1-2-3-8-11-9(13-12-8)10(15)14-4-6-16-7-5-14/h2-7H2,1H3,(H,11,12,13). The summed E-state index contributed by atoms with van der Waals surface area (Å²) >= 11 is 1.88. The van der Waals surface area contributed by atoms with Gasteiger partial charge in [-0.05, 0) is 6.42 Å². The fourth-order valence-corrected chi connectivity index (χ4v) is 2.55. The van der Waals surface area contributed by atoms with Crippen molar-refractivity contribution in [1.29, 1.82) is 0 Å². The summed E-state index contributed by atoms with van der Waals surface area (Å²) in [5.41, 5.74) is 0. The van der Waals surface area contributed by atoms with Gasteiger partial charge in [0.15, 0.2) is 0 Å². The van der Waals surface area contributed by atoms with Crippen LogP contribution in [0.25, 0.3) is 0 Å². The fraction of sp³-hybridized carbons (Fsp3) is 0.700. The molecule has 1 aromatic heterocycles. The molecule has 1 saturated heterocycles. The Morgan fingerprint density at radius 1 is 1.50 bits per heavy atom. The number of nitrogens with zero attached hydrogens (tertiary/aromatic N) is 3. The molecule has 0 radical (unpaired) electrons. The normalized spacial score (nSPS) is 16.4. The number of nitrogens with one attached hydrogen (secondary N) is 1. The largest absolute Gasteiger partial charge is 0.334 e. The number of aromatic nitrogens is 3. The number of thioether (sulfide) groups is 1. The molecule has 1 aliphatic rings. The molecular weight excluding hydrogens is 224 g/mol. The van der Waals surface area contributed by atoms with Gasteiger partial charge in [0.2, 0.25) is 5.82 Å². The second-order valence-corrected chi connectivity index (χ2v) is 4.99. The molecule has 0 saturated carbocycles. The first-order valence-electron chi connectivity index (χ1n) is 5.59. The second-order valence-electron chi connectivity index (χ2n) is 3.76. The van der Waals surface area contributed by atoms with Crippen molar-refractivity contribution in [2.24, 2.45) is 0 Å². The van der Waals surface area contributed by atoms with E-state index in [-0.39, 0.29) is 5.91 Å². The first-order valence-corrected chi connectivity index (χ1v) is 6.75. The van der Waals surface area contributed by atoms with Crippen LogP contribution in [0.15, 0.2) is 0 Å². The average molecular weight is 240 g/mol. The number of amides is 1. The molecule has 0 aliphatic carbocycles. The summed E-state index contributed by atoms with van der Waals surface area (Å²) in [5.74, 6) is 3.10. The minimum atomic E-state index is -0.0427. The Morgan fingerprint density at radius 3 is 2.94 bits per heavy atom. The molecule has 0 spiro atoms. The predicted octanol–water partition coefficient (Wildman–Crippen LogP) is 0.946. The zero-order valence-corrected chi connectivity index (χ0v) is 10.2. The Hall–Kier alpha value is -1.04. The monoisotopic (exact) mass is 240 g/mol. The maximum absolute atomic E-state index is 12.0. The van der Waals surface area contributed by atoms with Gasteiger partial charge in [0.1, 0.15) is 5.82 Å². The van der Waals surface area contributed by atoms with Crippen LogP contribution < -0.4 is 0 Å². The number of carbonyl (C=O) groups is 1. The van der Waals surface area contributed by atoms with Crippen molar-refractivity contribution in [3.63, 3.8) is 0 Å². The third-order valence-corrected chi connectivity index (χ3v) is 3.45. The summed E-state index contributed by atoms with van der Waals surface area (Å²) < 4.78 is 0. The quantitative estimate of drug-likeness (QED) is 0.854. The molecule has 1 N–H and O–H groups in total. The molecule has 1 fully saturated rings. The van der Waals surface area contributed by atoms with Crippen LogP contribution in [0, 0.1) is 0 Å². The highest BCUT2D eigenvalue weighted by molar-refractivity contribution is 7.99. The third kappa shape index (κ3) is 2.55. The van der Waals surface area contributed by atoms with Gasteiger partial charge >= 0.3 is 0 Å². The minimum absolute atomic E-state index is 0.0427. The van der Waals surface area contributed by atoms with E-state index in [0.29, 0.717) is 5.82 Å². The topological polar surface area (TPSA) is 61.9 Å². The molecule has 0 atom stereocenters. The van der Waals surface area contributed by atoms with Crippen LogP contribution in [-0.4, -0.2) is 50.6 Å². The van der Waals surface area contributed by atoms with Crippen molar-refractivity contribution in [3.05, 3.63) is 11.6 Å². The lowest BCUT2D eigenvalue weighted by Crippen LogP contribution is -2.38. The van der Waals surface area contributed by atoms with Crippen LogP contribution in [0.1, 0.15) is 29.8 Å². The smallest absolute Gasteiger partial charge is 0.293 e. The maximum atomic E-state index is 12.0. The summed E-state index contributed by atoms with van der Waals surface area (Å²) in [4.78, 5) is 18.0. The molecular formula is C10H16N4OS. The predicted molar refractivity (Wildman–Crippen MR) is 63.6 cm³/mol. The average Bonchev–Trinajstić information content (AvgIpc) is 2.78. The minimum Gasteiger partial charge on any atom is -0.334 e. The van der Waals surface area contributed by atoms with E-state index in [1.807, 2.05) is 16.7 Å². The van der Waals surface area contributed by atoms with Crippen LogP contribution >= 0.6 is 11.8 Å². The molecule has 88 valence electrons. The van der Waals surface area contributed by atoms with E-state index in [9.17, 15) is 4.79 Å². The van der Waals surface area contributed by atoms with Crippen LogP contribution in [0.5, 0.6) is 0 Å². The van der Waals surface area contributed by atoms with E-state index < -0.39 is 0 Å². The van der Waals surface area contributed by atoms with Gasteiger partial charge in [-0.1, -0.05) is 6.92 Å². The van der Waals surface area contributed by atoms with E-state index in [2.05, 4.69) is 22.1 Å². The van der Waals surface area contributed by atoms with Crippen LogP contribution in [-0.2, 0) is 6.42 Å². The van der Waals surface area contributed by atoms with E-state index in [4.69, 9.17) is 0 Å². The van der Waals surface area contributed by atoms with Gasteiger partial charge in [-0.25, -0.2) is 4.98 Å². The zero-order chi connectivity index (χ0) is 11.4. The summed E-state index contributed by atoms with van der Waals surface area (Å²) in [6.07, 6.45) is 1.85. The first kappa shape index (κ1) is 11.4. The Bertz CT molecular complexity index is 359. The molecule has 2 heterocycles. The number of H-pyrrole nitrogens is 1. The van der Waals surface area contributed by atoms with Crippen LogP contribution in [0.4, 0.5) is 0 Å². The molecule has 5 nitrogen and oxygen atoms in total. The van der Waals surface area contributed by atoms with Crippen molar-refractivity contribution >= 4 is 17.7 Å². The molecule has 6 heteroatoms. The van der Waals surface area contributed by atoms with Gasteiger partial charge < -0.3 is 4.90 Å². The lowest BCUT2D eigenvalue weighted by molar-refractivity contribution is 0.0760. The maximum Gasteiger partial charge on any atom is 0.293 e. The lowest BCUT2D eigenvalue weighted by Gasteiger charge is -2.24. The Balaban J connectivity index is 2.01. The van der Waals surface area contributed by atoms with Crippen LogP contribution in [0.3, 0.4) is 0 Å². The highest BCUT2D eigenvalue weighted by Gasteiger charge is 2.21. The van der Waals surface area contributed by atoms with Crippen molar-refractivity contribution in [1.82, 2.24) is 20.1 Å². The molecule has 1 aliphatic heterocycles. The summed E-state index contributed by atoms with van der Waals surface area (Å²) in [5, 5.41) is 6.79. The number of carbonyl (C=O) groups excluding carboxylic acids is 1. The molecule has 0 bridgehead atoms. The molecule has 1 aromatic rings. The van der Waals surface area contributed by atoms with Gasteiger partial charge in [0.05, 0.1) is 0 Å². The highest BCUT2D eigenvalue weighted by Crippen LogP contribution is 2.11. The number of hydrogen-bond acceptors (Lipinski definition) is 4. The molecule has 0 unspecified atom stereocenters. The molecule has 16 heavy (non-hydrogen) atoms. The van der Waals surface area contributed by atoms with Crippen LogP contribution in [0.2, 0.25) is 0 Å². The number of aromatic amines is 1. The molecule has 0 aromatic carbocycles. The molecule has 2 rings (SSSR count). The number of rotatable bonds is 3. The van der Waals surface area contributed by atoms with E-state index >= 15 is 0 Å². The SMILES string of the molecule is CCCc1nc(C(=O)N2CCSCC2)n[nH]1. The second kappa shape index (κ2) is 5.34. The number of hydrogen-bond donors (Lipinski definition) is 1. The Kier molecular flexibility index (Phi) is 3.82. The summed E-state index contributed by atoms with van der Waals surface area (Å²) in [7, 11) is 0. The third-order valence-electron chi connectivity index (χ3n) is 2.51. The lowest BCUT2D eigenvalue weighted by atomic mass is 10.3. The van der Waals surface area contributed by atoms with Gasteiger partial charge in [-0.15, -0.1) is 5.10 Å². The number of aryl methyl sites for hydroxylation is 1. The Morgan fingerprint density at radius 2 is 2.25 bits per heavy atom. The Labute approximate surface area is 99.0 Å². The highest BCUT2D eigenvalue weighted by atomic mass is 32.2. The van der Waals surface area contributed by atoms with E-state index in [1.54, 1.807) is 0 Å². The van der Waals surface area contributed by atoms with Gasteiger partial charge in [-0.2, -0.15) is 11.8 Å². The van der Waals surface area contributed by atoms with Gasteiger partial charge in [-0.3, -0.25) is 9.89 Å². The van der Waals surface area contributed by atoms with Crippen molar-refractivity contribution in [3.8, 4) is 0 Å². The van der Waals surface area contributed by atoms with Crippen molar-refractivity contribution in [2.75, 3.05) is 24.6 Å².